The van der Waals surface area contributed by atoms with Crippen LogP contribution in [0.15, 0.2) is 134 Å². The van der Waals surface area contributed by atoms with E-state index < -0.39 is 0 Å². The van der Waals surface area contributed by atoms with E-state index in [0.717, 1.165) is 5.57 Å². The van der Waals surface area contributed by atoms with Crippen LogP contribution in [0.5, 0.6) is 0 Å². The Morgan fingerprint density at radius 2 is 0.861 bits per heavy atom. The van der Waals surface area contributed by atoms with Gasteiger partial charge in [0.1, 0.15) is 0 Å². The smallest absolute Gasteiger partial charge is 0.00143 e. The quantitative estimate of drug-likeness (QED) is 0.243. The minimum Gasteiger partial charge on any atom is -0.0911 e. The maximum atomic E-state index is 4.56. The first kappa shape index (κ1) is 20.7. The molecule has 0 unspecified atom stereocenters. The summed E-state index contributed by atoms with van der Waals surface area (Å²) in [5, 5.41) is 7.53. The van der Waals surface area contributed by atoms with Gasteiger partial charge in [0.15, 0.2) is 0 Å². The summed E-state index contributed by atoms with van der Waals surface area (Å²) in [6.07, 6.45) is 8.65. The van der Waals surface area contributed by atoms with E-state index in [0.29, 0.717) is 0 Å². The molecule has 0 radical (unpaired) electrons. The minimum absolute atomic E-state index is 1.03. The molecule has 1 aliphatic carbocycles. The van der Waals surface area contributed by atoms with Gasteiger partial charge in [-0.1, -0.05) is 140 Å². The van der Waals surface area contributed by atoms with E-state index in [1.54, 1.807) is 0 Å². The molecule has 0 aliphatic heterocycles. The molecule has 0 spiro atoms. The number of fused-ring (bicyclic) bond motifs is 4. The predicted octanol–water partition coefficient (Wildman–Crippen LogP) is 10.1. The van der Waals surface area contributed by atoms with Gasteiger partial charge in [0, 0.05) is 0 Å². The lowest BCUT2D eigenvalue weighted by molar-refractivity contribution is 1.59. The van der Waals surface area contributed by atoms with Crippen molar-refractivity contribution in [2.24, 2.45) is 0 Å². The third-order valence-electron chi connectivity index (χ3n) is 7.36. The Kier molecular flexibility index (Phi) is 4.72. The van der Waals surface area contributed by atoms with Crippen molar-refractivity contribution in [1.29, 1.82) is 0 Å². The minimum atomic E-state index is 1.03. The van der Waals surface area contributed by atoms with Gasteiger partial charge in [-0.25, -0.2) is 0 Å². The Morgan fingerprint density at radius 1 is 0.389 bits per heavy atom. The summed E-state index contributed by atoms with van der Waals surface area (Å²) in [6.45, 7) is 4.56. The van der Waals surface area contributed by atoms with Gasteiger partial charge < -0.3 is 0 Å². The second-order valence-electron chi connectivity index (χ2n) is 9.38. The van der Waals surface area contributed by atoms with Crippen molar-refractivity contribution in [3.05, 3.63) is 145 Å². The number of hydrogen-bond acceptors (Lipinski definition) is 0. The lowest BCUT2D eigenvalue weighted by Crippen LogP contribution is -1.99. The van der Waals surface area contributed by atoms with Crippen LogP contribution in [0.3, 0.4) is 0 Å². The van der Waals surface area contributed by atoms with Gasteiger partial charge in [-0.3, -0.25) is 0 Å². The van der Waals surface area contributed by atoms with E-state index in [2.05, 4.69) is 140 Å². The van der Waals surface area contributed by atoms with E-state index in [1.807, 2.05) is 0 Å². The van der Waals surface area contributed by atoms with E-state index in [-0.39, 0.29) is 0 Å². The third-order valence-corrected chi connectivity index (χ3v) is 7.36. The molecule has 0 bridgehead atoms. The highest BCUT2D eigenvalue weighted by Gasteiger charge is 2.23. The molecule has 0 amide bonds. The van der Waals surface area contributed by atoms with Crippen molar-refractivity contribution in [3.63, 3.8) is 0 Å². The highest BCUT2D eigenvalue weighted by molar-refractivity contribution is 6.18. The van der Waals surface area contributed by atoms with Gasteiger partial charge >= 0.3 is 0 Å². The molecule has 0 saturated carbocycles. The maximum absolute atomic E-state index is 4.56. The van der Waals surface area contributed by atoms with E-state index in [1.165, 1.54) is 65.7 Å². The molecule has 0 N–H and O–H groups in total. The molecule has 168 valence electrons. The molecule has 0 nitrogen and oxygen atoms in total. The zero-order chi connectivity index (χ0) is 24.1. The molecule has 0 fully saturated rings. The van der Waals surface area contributed by atoms with Crippen LogP contribution in [-0.2, 0) is 0 Å². The van der Waals surface area contributed by atoms with E-state index in [9.17, 15) is 0 Å². The fourth-order valence-corrected chi connectivity index (χ4v) is 5.82. The van der Waals surface area contributed by atoms with E-state index >= 15 is 0 Å². The van der Waals surface area contributed by atoms with Crippen LogP contribution < -0.4 is 0 Å². The number of rotatable bonds is 2. The van der Waals surface area contributed by atoms with Crippen molar-refractivity contribution in [3.8, 4) is 22.3 Å². The lowest BCUT2D eigenvalue weighted by atomic mass is 9.80. The summed E-state index contributed by atoms with van der Waals surface area (Å²) < 4.78 is 0. The van der Waals surface area contributed by atoms with Crippen molar-refractivity contribution in [1.82, 2.24) is 0 Å². The van der Waals surface area contributed by atoms with Crippen LogP contribution in [0.25, 0.3) is 66.2 Å². The number of benzene rings is 6. The van der Waals surface area contributed by atoms with E-state index in [4.69, 9.17) is 0 Å². The molecule has 6 aromatic carbocycles. The molecule has 0 atom stereocenters. The Morgan fingerprint density at radius 3 is 1.50 bits per heavy atom. The van der Waals surface area contributed by atoms with Gasteiger partial charge in [0.05, 0.1) is 0 Å². The second-order valence-corrected chi connectivity index (χ2v) is 9.38. The van der Waals surface area contributed by atoms with Crippen molar-refractivity contribution in [2.75, 3.05) is 0 Å². The Bertz CT molecular complexity index is 1890. The van der Waals surface area contributed by atoms with Gasteiger partial charge in [0.2, 0.25) is 0 Å². The first-order valence-electron chi connectivity index (χ1n) is 12.4. The predicted molar refractivity (Wildman–Crippen MR) is 157 cm³/mol. The molecule has 1 aliphatic rings. The lowest BCUT2D eigenvalue weighted by Gasteiger charge is -2.23. The average Bonchev–Trinajstić information content (AvgIpc) is 3.12. The van der Waals surface area contributed by atoms with Crippen LogP contribution in [0.1, 0.15) is 11.1 Å². The molecule has 6 aromatic rings. The largest absolute Gasteiger partial charge is 0.0911 e. The fraction of sp³-hybridized carbons (Fsp3) is 0. The van der Waals surface area contributed by atoms with Gasteiger partial charge in [-0.2, -0.15) is 0 Å². The highest BCUT2D eigenvalue weighted by atomic mass is 14.3. The number of allylic oxidation sites excluding steroid dienone is 4. The standard InChI is InChI=1S/C36H24/c1-24-12-2-5-21-33-34(24)36(30-23-11-16-26-14-4-7-18-28(26)30)32-20-9-8-19-31(32)35(33)29-22-10-15-25-13-3-6-17-27(25)29/h2-23H,1H2. The summed E-state index contributed by atoms with van der Waals surface area (Å²) in [5.41, 5.74) is 8.48. The Balaban J connectivity index is 1.72. The second kappa shape index (κ2) is 8.22. The normalized spacial score (nSPS) is 12.8. The van der Waals surface area contributed by atoms with Crippen LogP contribution in [0.2, 0.25) is 0 Å². The Hall–Kier alpha value is -4.68. The molecule has 0 heterocycles. The third kappa shape index (κ3) is 3.08. The molecule has 36 heavy (non-hydrogen) atoms. The topological polar surface area (TPSA) is 0 Å². The van der Waals surface area contributed by atoms with Gasteiger partial charge in [-0.15, -0.1) is 0 Å². The molecule has 0 saturated heterocycles. The Labute approximate surface area is 211 Å². The molecule has 0 heteroatoms. The first-order valence-corrected chi connectivity index (χ1v) is 12.4. The zero-order valence-corrected chi connectivity index (χ0v) is 19.9. The van der Waals surface area contributed by atoms with Gasteiger partial charge in [0.25, 0.3) is 0 Å². The van der Waals surface area contributed by atoms with Crippen LogP contribution in [-0.4, -0.2) is 0 Å². The summed E-state index contributed by atoms with van der Waals surface area (Å²) in [5.74, 6) is 0. The average molecular weight is 457 g/mol. The fourth-order valence-electron chi connectivity index (χ4n) is 5.82. The van der Waals surface area contributed by atoms with Crippen molar-refractivity contribution in [2.45, 2.75) is 0 Å². The monoisotopic (exact) mass is 456 g/mol. The summed E-state index contributed by atoms with van der Waals surface area (Å²) >= 11 is 0. The van der Waals surface area contributed by atoms with Crippen molar-refractivity contribution < 1.29 is 0 Å². The molecular weight excluding hydrogens is 432 g/mol. The molecule has 7 rings (SSSR count). The van der Waals surface area contributed by atoms with Crippen LogP contribution in [0, 0.1) is 0 Å². The first-order chi connectivity index (χ1) is 17.8. The molecule has 0 aromatic heterocycles. The summed E-state index contributed by atoms with van der Waals surface area (Å²) in [4.78, 5) is 0. The van der Waals surface area contributed by atoms with Crippen molar-refractivity contribution >= 4 is 44.0 Å². The van der Waals surface area contributed by atoms with Crippen LogP contribution in [0.4, 0.5) is 0 Å². The highest BCUT2D eigenvalue weighted by Crippen LogP contribution is 2.48. The summed E-state index contributed by atoms with van der Waals surface area (Å²) in [7, 11) is 0. The van der Waals surface area contributed by atoms with Gasteiger partial charge in [-0.05, 0) is 71.3 Å². The summed E-state index contributed by atoms with van der Waals surface area (Å²) in [6, 6.07) is 39.4. The SMILES string of the molecule is C=C1C=CC=Cc2c1c(-c1cccc3ccccc13)c1ccccc1c2-c1cccc2ccccc12. The maximum Gasteiger partial charge on any atom is -0.00143 e. The van der Waals surface area contributed by atoms with Crippen LogP contribution >= 0.6 is 0 Å². The zero-order valence-electron chi connectivity index (χ0n) is 19.9. The number of hydrogen-bond donors (Lipinski definition) is 0. The molecular formula is C36H24.